The summed E-state index contributed by atoms with van der Waals surface area (Å²) in [5.74, 6) is 1.06. The van der Waals surface area contributed by atoms with Gasteiger partial charge in [-0.1, -0.05) is 39.8 Å². The van der Waals surface area contributed by atoms with E-state index >= 15 is 0 Å². The molecule has 2 heteroatoms. The molecule has 0 bridgehead atoms. The Hall–Kier alpha value is -1.02. The van der Waals surface area contributed by atoms with E-state index in [0.29, 0.717) is 0 Å². The van der Waals surface area contributed by atoms with Crippen molar-refractivity contribution in [3.8, 4) is 5.75 Å². The number of hydrogen-bond acceptors (Lipinski definition) is 2. The Morgan fingerprint density at radius 3 is 2.43 bits per heavy atom. The summed E-state index contributed by atoms with van der Waals surface area (Å²) in [4.78, 5) is 0. The van der Waals surface area contributed by atoms with Crippen LogP contribution in [-0.2, 0) is 10.8 Å². The molecule has 0 unspecified atom stereocenters. The Balaban J connectivity index is 2.14. The predicted octanol–water partition coefficient (Wildman–Crippen LogP) is 4.41. The van der Waals surface area contributed by atoms with Crippen molar-refractivity contribution in [3.05, 3.63) is 29.3 Å². The number of nitrogens with one attached hydrogen (secondary N) is 1. The molecule has 0 aliphatic carbocycles. The van der Waals surface area contributed by atoms with Gasteiger partial charge in [0.05, 0.1) is 6.61 Å². The number of rotatable bonds is 4. The van der Waals surface area contributed by atoms with Crippen molar-refractivity contribution in [1.29, 1.82) is 0 Å². The zero-order valence-electron chi connectivity index (χ0n) is 14.8. The van der Waals surface area contributed by atoms with E-state index < -0.39 is 0 Å². The molecule has 0 amide bonds. The SMILES string of the molecule is CC(C)(C)NCCC(C)(C)c1ccc2c(c1)C(C)(C)CO2. The van der Waals surface area contributed by atoms with Gasteiger partial charge in [-0.3, -0.25) is 0 Å². The molecular formula is C19H31NO. The minimum absolute atomic E-state index is 0.130. The zero-order valence-corrected chi connectivity index (χ0v) is 14.8. The molecule has 118 valence electrons. The summed E-state index contributed by atoms with van der Waals surface area (Å²) in [5.41, 5.74) is 3.26. The van der Waals surface area contributed by atoms with Gasteiger partial charge in [0, 0.05) is 16.5 Å². The number of hydrogen-bond donors (Lipinski definition) is 1. The second-order valence-electron chi connectivity index (χ2n) is 8.69. The van der Waals surface area contributed by atoms with Crippen molar-refractivity contribution in [2.45, 2.75) is 71.3 Å². The summed E-state index contributed by atoms with van der Waals surface area (Å²) in [6, 6.07) is 6.75. The van der Waals surface area contributed by atoms with Crippen molar-refractivity contribution >= 4 is 0 Å². The average molecular weight is 289 g/mol. The van der Waals surface area contributed by atoms with Crippen LogP contribution in [0.25, 0.3) is 0 Å². The molecule has 21 heavy (non-hydrogen) atoms. The highest BCUT2D eigenvalue weighted by Crippen LogP contribution is 2.41. The number of ether oxygens (including phenoxy) is 1. The molecule has 0 spiro atoms. The van der Waals surface area contributed by atoms with Gasteiger partial charge in [0.1, 0.15) is 5.75 Å². The van der Waals surface area contributed by atoms with Gasteiger partial charge in [-0.2, -0.15) is 0 Å². The van der Waals surface area contributed by atoms with Crippen molar-refractivity contribution in [1.82, 2.24) is 5.32 Å². The molecule has 0 fully saturated rings. The maximum absolute atomic E-state index is 5.79. The molecule has 0 aromatic heterocycles. The monoisotopic (exact) mass is 289 g/mol. The smallest absolute Gasteiger partial charge is 0.123 e. The third-order valence-electron chi connectivity index (χ3n) is 4.48. The minimum Gasteiger partial charge on any atom is -0.492 e. The van der Waals surface area contributed by atoms with Crippen LogP contribution in [0.5, 0.6) is 5.75 Å². The lowest BCUT2D eigenvalue weighted by Gasteiger charge is -2.29. The molecule has 2 rings (SSSR count). The molecule has 0 saturated heterocycles. The molecule has 0 saturated carbocycles. The van der Waals surface area contributed by atoms with Gasteiger partial charge in [-0.05, 0) is 50.8 Å². The second kappa shape index (κ2) is 5.31. The van der Waals surface area contributed by atoms with Crippen LogP contribution in [0.3, 0.4) is 0 Å². The molecule has 0 atom stereocenters. The van der Waals surface area contributed by atoms with E-state index in [2.05, 4.69) is 72.0 Å². The molecule has 2 nitrogen and oxygen atoms in total. The fraction of sp³-hybridized carbons (Fsp3) is 0.684. The van der Waals surface area contributed by atoms with Crippen LogP contribution < -0.4 is 10.1 Å². The lowest BCUT2D eigenvalue weighted by molar-refractivity contribution is 0.291. The zero-order chi connectivity index (χ0) is 15.9. The van der Waals surface area contributed by atoms with E-state index in [0.717, 1.165) is 25.3 Å². The first-order valence-electron chi connectivity index (χ1n) is 8.04. The van der Waals surface area contributed by atoms with Crippen LogP contribution in [0, 0.1) is 0 Å². The largest absolute Gasteiger partial charge is 0.492 e. The summed E-state index contributed by atoms with van der Waals surface area (Å²) in [5, 5.41) is 3.59. The Bertz CT molecular complexity index is 509. The van der Waals surface area contributed by atoms with Gasteiger partial charge >= 0.3 is 0 Å². The van der Waals surface area contributed by atoms with Gasteiger partial charge in [0.15, 0.2) is 0 Å². The molecule has 1 aromatic rings. The third kappa shape index (κ3) is 3.79. The normalized spacial score (nSPS) is 17.5. The van der Waals surface area contributed by atoms with Gasteiger partial charge in [-0.25, -0.2) is 0 Å². The van der Waals surface area contributed by atoms with Crippen LogP contribution in [0.2, 0.25) is 0 Å². The van der Waals surface area contributed by atoms with Gasteiger partial charge in [-0.15, -0.1) is 0 Å². The first-order valence-corrected chi connectivity index (χ1v) is 8.04. The van der Waals surface area contributed by atoms with E-state index in [4.69, 9.17) is 4.74 Å². The first kappa shape index (κ1) is 16.4. The lowest BCUT2D eigenvalue weighted by atomic mass is 9.78. The number of fused-ring (bicyclic) bond motifs is 1. The van der Waals surface area contributed by atoms with E-state index in [9.17, 15) is 0 Å². The highest BCUT2D eigenvalue weighted by atomic mass is 16.5. The Morgan fingerprint density at radius 1 is 1.14 bits per heavy atom. The highest BCUT2D eigenvalue weighted by Gasteiger charge is 2.33. The summed E-state index contributed by atoms with van der Waals surface area (Å²) >= 11 is 0. The Labute approximate surface area is 130 Å². The molecule has 1 N–H and O–H groups in total. The summed E-state index contributed by atoms with van der Waals surface area (Å²) in [7, 11) is 0. The van der Waals surface area contributed by atoms with Gasteiger partial charge in [0.2, 0.25) is 0 Å². The van der Waals surface area contributed by atoms with E-state index in [1.54, 1.807) is 0 Å². The summed E-state index contributed by atoms with van der Waals surface area (Å²) in [6.45, 7) is 17.7. The second-order valence-corrected chi connectivity index (χ2v) is 8.69. The Kier molecular flexibility index (Phi) is 4.14. The van der Waals surface area contributed by atoms with Crippen molar-refractivity contribution in [2.24, 2.45) is 0 Å². The molecule has 1 heterocycles. The maximum atomic E-state index is 5.79. The Morgan fingerprint density at radius 2 is 1.81 bits per heavy atom. The van der Waals surface area contributed by atoms with E-state index in [-0.39, 0.29) is 16.4 Å². The van der Waals surface area contributed by atoms with E-state index in [1.807, 2.05) is 0 Å². The van der Waals surface area contributed by atoms with Crippen LogP contribution in [0.15, 0.2) is 18.2 Å². The topological polar surface area (TPSA) is 21.3 Å². The summed E-state index contributed by atoms with van der Waals surface area (Å²) < 4.78 is 5.79. The van der Waals surface area contributed by atoms with Gasteiger partial charge in [0.25, 0.3) is 0 Å². The van der Waals surface area contributed by atoms with Crippen LogP contribution in [-0.4, -0.2) is 18.7 Å². The highest BCUT2D eigenvalue weighted by molar-refractivity contribution is 5.46. The third-order valence-corrected chi connectivity index (χ3v) is 4.48. The summed E-state index contributed by atoms with van der Waals surface area (Å²) in [6.07, 6.45) is 1.13. The first-order chi connectivity index (χ1) is 9.51. The van der Waals surface area contributed by atoms with Gasteiger partial charge < -0.3 is 10.1 Å². The fourth-order valence-electron chi connectivity index (χ4n) is 2.84. The van der Waals surface area contributed by atoms with Crippen LogP contribution in [0.4, 0.5) is 0 Å². The number of benzene rings is 1. The predicted molar refractivity (Wildman–Crippen MR) is 90.4 cm³/mol. The minimum atomic E-state index is 0.130. The lowest BCUT2D eigenvalue weighted by Crippen LogP contribution is -2.38. The quantitative estimate of drug-likeness (QED) is 0.886. The molecule has 1 aromatic carbocycles. The molecular weight excluding hydrogens is 258 g/mol. The molecule has 0 radical (unpaired) electrons. The van der Waals surface area contributed by atoms with Crippen molar-refractivity contribution in [2.75, 3.05) is 13.2 Å². The van der Waals surface area contributed by atoms with Crippen molar-refractivity contribution < 1.29 is 4.74 Å². The average Bonchev–Trinajstić information content (AvgIpc) is 2.63. The molecule has 1 aliphatic heterocycles. The van der Waals surface area contributed by atoms with Crippen LogP contribution in [0.1, 0.15) is 66.0 Å². The standard InChI is InChI=1S/C19H31NO/c1-17(2,3)20-11-10-18(4,5)14-8-9-16-15(12-14)19(6,7)13-21-16/h8-9,12,20H,10-11,13H2,1-7H3. The maximum Gasteiger partial charge on any atom is 0.123 e. The molecule has 1 aliphatic rings. The van der Waals surface area contributed by atoms with Crippen LogP contribution >= 0.6 is 0 Å². The fourth-order valence-corrected chi connectivity index (χ4v) is 2.84. The van der Waals surface area contributed by atoms with E-state index in [1.165, 1.54) is 11.1 Å². The van der Waals surface area contributed by atoms with Crippen molar-refractivity contribution in [3.63, 3.8) is 0 Å².